The van der Waals surface area contributed by atoms with Gasteiger partial charge in [-0.05, 0) is 24.6 Å². The molecule has 5 nitrogen and oxygen atoms in total. The van der Waals surface area contributed by atoms with E-state index in [9.17, 15) is 9.90 Å². The average molecular weight is 361 g/mol. The minimum Gasteiger partial charge on any atom is -0.478 e. The van der Waals surface area contributed by atoms with Crippen molar-refractivity contribution in [3.8, 4) is 11.1 Å². The molecule has 128 valence electrons. The molecular weight excluding hydrogens is 346 g/mol. The van der Waals surface area contributed by atoms with E-state index in [1.807, 2.05) is 18.2 Å². The number of nitrogens with one attached hydrogen (secondary N) is 1. The Morgan fingerprint density at radius 3 is 2.54 bits per heavy atom. The molecule has 2 N–H and O–H groups in total. The number of benzene rings is 2. The topological polar surface area (TPSA) is 75.1 Å². The molecule has 0 fully saturated rings. The van der Waals surface area contributed by atoms with E-state index >= 15 is 0 Å². The third kappa shape index (κ3) is 2.80. The number of rotatable bonds is 4. The summed E-state index contributed by atoms with van der Waals surface area (Å²) in [4.78, 5) is 22.3. The summed E-state index contributed by atoms with van der Waals surface area (Å²) in [5, 5.41) is 13.5. The summed E-state index contributed by atoms with van der Waals surface area (Å²) < 4.78 is 0. The van der Waals surface area contributed by atoms with Gasteiger partial charge in [-0.15, -0.1) is 11.3 Å². The molecule has 2 aromatic heterocycles. The third-order valence-electron chi connectivity index (χ3n) is 4.14. The van der Waals surface area contributed by atoms with Crippen molar-refractivity contribution in [2.75, 3.05) is 5.32 Å². The number of carboxylic acid groups (broad SMARTS) is 1. The van der Waals surface area contributed by atoms with E-state index in [-0.39, 0.29) is 5.56 Å². The van der Waals surface area contributed by atoms with Crippen molar-refractivity contribution in [1.29, 1.82) is 0 Å². The van der Waals surface area contributed by atoms with Crippen LogP contribution in [0.25, 0.3) is 21.3 Å². The standard InChI is InChI=1S/C20H15N3O2S/c1-12-16(13-7-3-2-4-8-13)17-18(21-11-22-19(17)26-12)23-15-10-6-5-9-14(15)20(24)25/h2-11H,1H3,(H,24,25)(H,21,22,23). The van der Waals surface area contributed by atoms with Gasteiger partial charge < -0.3 is 10.4 Å². The van der Waals surface area contributed by atoms with Crippen molar-refractivity contribution < 1.29 is 9.90 Å². The number of hydrogen-bond acceptors (Lipinski definition) is 5. The molecule has 0 atom stereocenters. The van der Waals surface area contributed by atoms with E-state index in [2.05, 4.69) is 34.3 Å². The Hall–Kier alpha value is -3.25. The zero-order valence-corrected chi connectivity index (χ0v) is 14.7. The van der Waals surface area contributed by atoms with Crippen LogP contribution in [0.5, 0.6) is 0 Å². The predicted molar refractivity (Wildman–Crippen MR) is 104 cm³/mol. The number of thiophene rings is 1. The Balaban J connectivity index is 1.91. The van der Waals surface area contributed by atoms with Gasteiger partial charge in [-0.3, -0.25) is 0 Å². The molecule has 0 radical (unpaired) electrons. The molecule has 4 rings (SSSR count). The molecule has 0 unspecified atom stereocenters. The summed E-state index contributed by atoms with van der Waals surface area (Å²) in [5.74, 6) is -0.380. The van der Waals surface area contributed by atoms with Crippen LogP contribution in [0.15, 0.2) is 60.9 Å². The van der Waals surface area contributed by atoms with E-state index in [1.165, 1.54) is 6.33 Å². The molecule has 2 heterocycles. The number of hydrogen-bond donors (Lipinski definition) is 2. The molecule has 0 aliphatic heterocycles. The summed E-state index contributed by atoms with van der Waals surface area (Å²) in [6.45, 7) is 2.06. The number of aromatic nitrogens is 2. The Labute approximate surface area is 154 Å². The highest BCUT2D eigenvalue weighted by atomic mass is 32.1. The Morgan fingerprint density at radius 1 is 1.04 bits per heavy atom. The Morgan fingerprint density at radius 2 is 1.77 bits per heavy atom. The first-order valence-electron chi connectivity index (χ1n) is 8.04. The second-order valence-corrected chi connectivity index (χ2v) is 6.98. The van der Waals surface area contributed by atoms with Gasteiger partial charge in [-0.1, -0.05) is 42.5 Å². The van der Waals surface area contributed by atoms with E-state index in [0.717, 1.165) is 26.2 Å². The number of anilines is 2. The minimum atomic E-state index is -0.983. The van der Waals surface area contributed by atoms with Crippen molar-refractivity contribution in [2.24, 2.45) is 0 Å². The number of fused-ring (bicyclic) bond motifs is 1. The van der Waals surface area contributed by atoms with E-state index < -0.39 is 5.97 Å². The van der Waals surface area contributed by atoms with Crippen molar-refractivity contribution >= 4 is 39.0 Å². The van der Waals surface area contributed by atoms with Crippen LogP contribution in [-0.4, -0.2) is 21.0 Å². The fourth-order valence-corrected chi connectivity index (χ4v) is 4.01. The summed E-state index contributed by atoms with van der Waals surface area (Å²) in [6, 6.07) is 16.9. The predicted octanol–water partition coefficient (Wildman–Crippen LogP) is 5.11. The van der Waals surface area contributed by atoms with Crippen LogP contribution in [-0.2, 0) is 0 Å². The highest BCUT2D eigenvalue weighted by molar-refractivity contribution is 7.19. The van der Waals surface area contributed by atoms with Gasteiger partial charge in [0.15, 0.2) is 0 Å². The SMILES string of the molecule is Cc1sc2ncnc(Nc3ccccc3C(=O)O)c2c1-c1ccccc1. The molecule has 0 saturated heterocycles. The first-order chi connectivity index (χ1) is 12.6. The summed E-state index contributed by atoms with van der Waals surface area (Å²) in [5.41, 5.74) is 2.86. The number of carboxylic acids is 1. The van der Waals surface area contributed by atoms with Crippen LogP contribution in [0, 0.1) is 6.92 Å². The van der Waals surface area contributed by atoms with Gasteiger partial charge in [-0.2, -0.15) is 0 Å². The zero-order chi connectivity index (χ0) is 18.1. The van der Waals surface area contributed by atoms with Gasteiger partial charge in [0.1, 0.15) is 17.0 Å². The van der Waals surface area contributed by atoms with Gasteiger partial charge in [0.2, 0.25) is 0 Å². The summed E-state index contributed by atoms with van der Waals surface area (Å²) in [6.07, 6.45) is 1.50. The number of nitrogens with zero attached hydrogens (tertiary/aromatic N) is 2. The van der Waals surface area contributed by atoms with E-state index in [1.54, 1.807) is 35.6 Å². The molecule has 0 bridgehead atoms. The second-order valence-electron chi connectivity index (χ2n) is 5.78. The maximum Gasteiger partial charge on any atom is 0.337 e. The Kier molecular flexibility index (Phi) is 4.10. The zero-order valence-electron chi connectivity index (χ0n) is 13.9. The van der Waals surface area contributed by atoms with Crippen LogP contribution in [0.1, 0.15) is 15.2 Å². The van der Waals surface area contributed by atoms with Crippen LogP contribution in [0.4, 0.5) is 11.5 Å². The summed E-state index contributed by atoms with van der Waals surface area (Å²) >= 11 is 1.60. The maximum absolute atomic E-state index is 11.5. The van der Waals surface area contributed by atoms with Crippen LogP contribution in [0.2, 0.25) is 0 Å². The van der Waals surface area contributed by atoms with Gasteiger partial charge >= 0.3 is 5.97 Å². The van der Waals surface area contributed by atoms with Crippen LogP contribution >= 0.6 is 11.3 Å². The molecule has 26 heavy (non-hydrogen) atoms. The third-order valence-corrected chi connectivity index (χ3v) is 5.15. The highest BCUT2D eigenvalue weighted by Crippen LogP contribution is 2.41. The molecule has 2 aromatic carbocycles. The molecule has 4 aromatic rings. The molecular formula is C20H15N3O2S. The first kappa shape index (κ1) is 16.2. The van der Waals surface area contributed by atoms with Crippen molar-refractivity contribution in [3.63, 3.8) is 0 Å². The fraction of sp³-hybridized carbons (Fsp3) is 0.0500. The van der Waals surface area contributed by atoms with Gasteiger partial charge in [-0.25, -0.2) is 14.8 Å². The molecule has 6 heteroatoms. The summed E-state index contributed by atoms with van der Waals surface area (Å²) in [7, 11) is 0. The van der Waals surface area contributed by atoms with E-state index in [4.69, 9.17) is 0 Å². The van der Waals surface area contributed by atoms with Gasteiger partial charge in [0, 0.05) is 10.4 Å². The van der Waals surface area contributed by atoms with E-state index in [0.29, 0.717) is 11.5 Å². The van der Waals surface area contributed by atoms with Gasteiger partial charge in [0.25, 0.3) is 0 Å². The van der Waals surface area contributed by atoms with Crippen LogP contribution in [0.3, 0.4) is 0 Å². The molecule has 0 spiro atoms. The van der Waals surface area contributed by atoms with Crippen molar-refractivity contribution in [3.05, 3.63) is 71.4 Å². The fourth-order valence-electron chi connectivity index (χ4n) is 3.00. The normalized spacial score (nSPS) is 10.8. The largest absolute Gasteiger partial charge is 0.478 e. The number of para-hydroxylation sites is 1. The van der Waals surface area contributed by atoms with Crippen LogP contribution < -0.4 is 5.32 Å². The molecule has 0 aliphatic rings. The second kappa shape index (κ2) is 6.57. The number of aryl methyl sites for hydroxylation is 1. The molecule has 0 amide bonds. The lowest BCUT2D eigenvalue weighted by atomic mass is 10.0. The highest BCUT2D eigenvalue weighted by Gasteiger charge is 2.18. The smallest absolute Gasteiger partial charge is 0.337 e. The quantitative estimate of drug-likeness (QED) is 0.528. The average Bonchev–Trinajstić information content (AvgIpc) is 2.99. The lowest BCUT2D eigenvalue weighted by molar-refractivity contribution is 0.0698. The molecule has 0 saturated carbocycles. The number of aromatic carboxylic acids is 1. The number of carbonyl (C=O) groups is 1. The minimum absolute atomic E-state index is 0.201. The molecule has 0 aliphatic carbocycles. The van der Waals surface area contributed by atoms with Crippen molar-refractivity contribution in [2.45, 2.75) is 6.92 Å². The lowest BCUT2D eigenvalue weighted by Gasteiger charge is -2.11. The van der Waals surface area contributed by atoms with Gasteiger partial charge in [0.05, 0.1) is 16.6 Å². The van der Waals surface area contributed by atoms with Crippen molar-refractivity contribution in [1.82, 2.24) is 9.97 Å². The Bertz CT molecular complexity index is 1110. The first-order valence-corrected chi connectivity index (χ1v) is 8.85. The lowest BCUT2D eigenvalue weighted by Crippen LogP contribution is -2.03. The monoisotopic (exact) mass is 361 g/mol. The maximum atomic E-state index is 11.5.